The number of nitrogens with one attached hydrogen (secondary N) is 2. The van der Waals surface area contributed by atoms with Crippen molar-refractivity contribution in [1.29, 1.82) is 0 Å². The molecule has 0 spiro atoms. The molecule has 0 aliphatic carbocycles. The predicted octanol–water partition coefficient (Wildman–Crippen LogP) is 2.10. The Morgan fingerprint density at radius 3 is 2.86 bits per heavy atom. The number of carbonyl (C=O) groups is 1. The largest absolute Gasteiger partial charge is 0.459 e. The molecular weight excluding hydrogens is 326 g/mol. The van der Waals surface area contributed by atoms with Crippen LogP contribution in [0.5, 0.6) is 0 Å². The van der Waals surface area contributed by atoms with Crippen molar-refractivity contribution in [2.45, 2.75) is 6.92 Å². The summed E-state index contributed by atoms with van der Waals surface area (Å²) in [6.07, 6.45) is 0. The Morgan fingerprint density at radius 2 is 2.18 bits per heavy atom. The lowest BCUT2D eigenvalue weighted by Crippen LogP contribution is -2.33. The molecule has 0 aliphatic rings. The van der Waals surface area contributed by atoms with Crippen molar-refractivity contribution in [3.05, 3.63) is 29.0 Å². The molecule has 8 heteroatoms. The van der Waals surface area contributed by atoms with E-state index in [1.54, 1.807) is 12.5 Å². The van der Waals surface area contributed by atoms with Crippen LogP contribution in [0.2, 0.25) is 0 Å². The number of hydrogen-bond donors (Lipinski definition) is 2. The second-order valence-corrected chi connectivity index (χ2v) is 5.30. The van der Waals surface area contributed by atoms with Gasteiger partial charge in [-0.25, -0.2) is 4.98 Å². The third-order valence-electron chi connectivity index (χ3n) is 2.76. The summed E-state index contributed by atoms with van der Waals surface area (Å²) in [6, 6.07) is 3.73. The van der Waals surface area contributed by atoms with Gasteiger partial charge in [0.15, 0.2) is 10.8 Å². The van der Waals surface area contributed by atoms with E-state index < -0.39 is 0 Å². The van der Waals surface area contributed by atoms with Gasteiger partial charge in [-0.1, -0.05) is 0 Å². The molecule has 0 saturated carbocycles. The molecule has 2 rings (SSSR count). The van der Waals surface area contributed by atoms with Gasteiger partial charge >= 0.3 is 0 Å². The summed E-state index contributed by atoms with van der Waals surface area (Å²) in [5.41, 5.74) is 0.418. The first kappa shape index (κ1) is 18.6. The fraction of sp³-hybridized carbons (Fsp3) is 0.429. The second kappa shape index (κ2) is 9.58. The SMILES string of the molecule is COCCNCCNC(=O)c1csc(-c2ccc(C)o2)n1.Cl. The highest BCUT2D eigenvalue weighted by Crippen LogP contribution is 2.25. The van der Waals surface area contributed by atoms with Crippen molar-refractivity contribution in [3.63, 3.8) is 0 Å². The lowest BCUT2D eigenvalue weighted by atomic mass is 10.4. The molecule has 6 nitrogen and oxygen atoms in total. The smallest absolute Gasteiger partial charge is 0.270 e. The summed E-state index contributed by atoms with van der Waals surface area (Å²) in [5, 5.41) is 8.42. The van der Waals surface area contributed by atoms with Crippen LogP contribution < -0.4 is 10.6 Å². The maximum Gasteiger partial charge on any atom is 0.270 e. The number of carbonyl (C=O) groups excluding carboxylic acids is 1. The molecule has 122 valence electrons. The van der Waals surface area contributed by atoms with Gasteiger partial charge in [0.05, 0.1) is 6.61 Å². The van der Waals surface area contributed by atoms with Crippen molar-refractivity contribution in [1.82, 2.24) is 15.6 Å². The molecule has 0 atom stereocenters. The van der Waals surface area contributed by atoms with E-state index in [0.717, 1.165) is 12.3 Å². The van der Waals surface area contributed by atoms with Gasteiger partial charge in [0, 0.05) is 32.1 Å². The Hall–Kier alpha value is -1.41. The topological polar surface area (TPSA) is 76.4 Å². The standard InChI is InChI=1S/C14H19N3O3S.ClH/c1-10-3-4-12(20-10)14-17-11(9-21-14)13(18)16-6-5-15-7-8-19-2;/h3-4,9,15H,5-8H2,1-2H3,(H,16,18);1H. The Labute approximate surface area is 139 Å². The van der Waals surface area contributed by atoms with Crippen molar-refractivity contribution in [2.24, 2.45) is 0 Å². The van der Waals surface area contributed by atoms with Crippen LogP contribution in [0.3, 0.4) is 0 Å². The summed E-state index contributed by atoms with van der Waals surface area (Å²) in [4.78, 5) is 16.2. The number of methoxy groups -OCH3 is 1. The summed E-state index contributed by atoms with van der Waals surface area (Å²) in [6.45, 7) is 4.55. The maximum atomic E-state index is 11.9. The van der Waals surface area contributed by atoms with E-state index >= 15 is 0 Å². The number of aromatic nitrogens is 1. The van der Waals surface area contributed by atoms with Crippen LogP contribution in [0, 0.1) is 6.92 Å². The molecule has 0 bridgehead atoms. The lowest BCUT2D eigenvalue weighted by molar-refractivity contribution is 0.0949. The maximum absolute atomic E-state index is 11.9. The lowest BCUT2D eigenvalue weighted by Gasteiger charge is -2.04. The predicted molar refractivity (Wildman–Crippen MR) is 88.9 cm³/mol. The second-order valence-electron chi connectivity index (χ2n) is 4.45. The zero-order valence-electron chi connectivity index (χ0n) is 12.5. The number of furan rings is 1. The molecule has 0 saturated heterocycles. The number of thiazole rings is 1. The third kappa shape index (κ3) is 5.42. The van der Waals surface area contributed by atoms with Crippen molar-refractivity contribution >= 4 is 29.7 Å². The summed E-state index contributed by atoms with van der Waals surface area (Å²) in [5.74, 6) is 1.35. The molecule has 0 aliphatic heterocycles. The summed E-state index contributed by atoms with van der Waals surface area (Å²) >= 11 is 1.40. The van der Waals surface area contributed by atoms with Crippen LogP contribution in [-0.2, 0) is 4.74 Å². The van der Waals surface area contributed by atoms with Gasteiger partial charge < -0.3 is 19.8 Å². The first-order valence-electron chi connectivity index (χ1n) is 6.71. The fourth-order valence-corrected chi connectivity index (χ4v) is 2.45. The van der Waals surface area contributed by atoms with Gasteiger partial charge in [-0.2, -0.15) is 0 Å². The van der Waals surface area contributed by atoms with E-state index in [4.69, 9.17) is 9.15 Å². The number of aryl methyl sites for hydroxylation is 1. The molecular formula is C14H20ClN3O3S. The van der Waals surface area contributed by atoms with Crippen LogP contribution in [0.1, 0.15) is 16.2 Å². The Balaban J connectivity index is 0.00000242. The van der Waals surface area contributed by atoms with E-state index in [1.807, 2.05) is 19.1 Å². The monoisotopic (exact) mass is 345 g/mol. The number of nitrogens with zero attached hydrogens (tertiary/aromatic N) is 1. The molecule has 0 unspecified atom stereocenters. The van der Waals surface area contributed by atoms with Crippen LogP contribution >= 0.6 is 23.7 Å². The third-order valence-corrected chi connectivity index (χ3v) is 3.62. The number of halogens is 1. The highest BCUT2D eigenvalue weighted by molar-refractivity contribution is 7.13. The van der Waals surface area contributed by atoms with Gasteiger partial charge in [-0.15, -0.1) is 23.7 Å². The van der Waals surface area contributed by atoms with E-state index in [-0.39, 0.29) is 18.3 Å². The summed E-state index contributed by atoms with van der Waals surface area (Å²) < 4.78 is 10.4. The van der Waals surface area contributed by atoms with Crippen molar-refractivity contribution in [3.8, 4) is 10.8 Å². The first-order valence-corrected chi connectivity index (χ1v) is 7.59. The Morgan fingerprint density at radius 1 is 1.36 bits per heavy atom. The minimum absolute atomic E-state index is 0. The van der Waals surface area contributed by atoms with Crippen LogP contribution in [0.4, 0.5) is 0 Å². The quantitative estimate of drug-likeness (QED) is 0.716. The first-order chi connectivity index (χ1) is 10.2. The molecule has 0 radical (unpaired) electrons. The molecule has 0 fully saturated rings. The minimum atomic E-state index is -0.172. The molecule has 1 amide bonds. The van der Waals surface area contributed by atoms with Crippen LogP contribution in [0.15, 0.2) is 21.9 Å². The Bertz CT molecular complexity index is 585. The molecule has 2 heterocycles. The van der Waals surface area contributed by atoms with Crippen LogP contribution in [0.25, 0.3) is 10.8 Å². The highest BCUT2D eigenvalue weighted by Gasteiger charge is 2.13. The normalized spacial score (nSPS) is 10.3. The van der Waals surface area contributed by atoms with Crippen molar-refractivity contribution in [2.75, 3.05) is 33.4 Å². The number of ether oxygens (including phenoxy) is 1. The average molecular weight is 346 g/mol. The van der Waals surface area contributed by atoms with E-state index in [1.165, 1.54) is 11.3 Å². The number of hydrogen-bond acceptors (Lipinski definition) is 6. The zero-order valence-corrected chi connectivity index (χ0v) is 14.2. The molecule has 2 aromatic heterocycles. The molecule has 22 heavy (non-hydrogen) atoms. The average Bonchev–Trinajstić information content (AvgIpc) is 3.11. The van der Waals surface area contributed by atoms with Crippen LogP contribution in [-0.4, -0.2) is 44.2 Å². The van der Waals surface area contributed by atoms with E-state index in [0.29, 0.717) is 36.2 Å². The van der Waals surface area contributed by atoms with Gasteiger partial charge in [-0.05, 0) is 19.1 Å². The van der Waals surface area contributed by atoms with Gasteiger partial charge in [0.2, 0.25) is 0 Å². The fourth-order valence-electron chi connectivity index (χ4n) is 1.69. The molecule has 2 N–H and O–H groups in total. The van der Waals surface area contributed by atoms with E-state index in [2.05, 4.69) is 15.6 Å². The minimum Gasteiger partial charge on any atom is -0.459 e. The summed E-state index contributed by atoms with van der Waals surface area (Å²) in [7, 11) is 1.66. The van der Waals surface area contributed by atoms with Gasteiger partial charge in [0.1, 0.15) is 11.5 Å². The highest BCUT2D eigenvalue weighted by atomic mass is 35.5. The number of rotatable bonds is 8. The van der Waals surface area contributed by atoms with Crippen molar-refractivity contribution < 1.29 is 13.9 Å². The number of amides is 1. The molecule has 2 aromatic rings. The van der Waals surface area contributed by atoms with E-state index in [9.17, 15) is 4.79 Å². The Kier molecular flexibility index (Phi) is 8.11. The van der Waals surface area contributed by atoms with Gasteiger partial charge in [0.25, 0.3) is 5.91 Å². The molecule has 0 aromatic carbocycles. The zero-order chi connectivity index (χ0) is 15.1. The van der Waals surface area contributed by atoms with Gasteiger partial charge in [-0.3, -0.25) is 4.79 Å².